The Bertz CT molecular complexity index is 99.6. The largest absolute Gasteiger partial charge is 0.498 e. The van der Waals surface area contributed by atoms with Crippen molar-refractivity contribution >= 4 is 0 Å². The van der Waals surface area contributed by atoms with Crippen LogP contribution in [-0.4, -0.2) is 6.61 Å². The first-order valence-electron chi connectivity index (χ1n) is 3.10. The van der Waals surface area contributed by atoms with Crippen LogP contribution in [0.5, 0.6) is 0 Å². The summed E-state index contributed by atoms with van der Waals surface area (Å²) in [6, 6.07) is 0. The second-order valence-electron chi connectivity index (χ2n) is 2.29. The van der Waals surface area contributed by atoms with Gasteiger partial charge in [0.2, 0.25) is 0 Å². The van der Waals surface area contributed by atoms with E-state index in [4.69, 9.17) is 4.74 Å². The van der Waals surface area contributed by atoms with Crippen LogP contribution in [-0.2, 0) is 4.74 Å². The summed E-state index contributed by atoms with van der Waals surface area (Å²) in [6.07, 6.45) is 2.43. The topological polar surface area (TPSA) is 9.23 Å². The monoisotopic (exact) mass is 112 g/mol. The maximum Gasteiger partial charge on any atom is 0.0918 e. The van der Waals surface area contributed by atoms with Gasteiger partial charge in [0.25, 0.3) is 0 Å². The van der Waals surface area contributed by atoms with Crippen molar-refractivity contribution < 1.29 is 4.74 Å². The molecule has 1 nitrogen and oxygen atoms in total. The number of allylic oxidation sites excluding steroid dienone is 2. The first-order valence-corrected chi connectivity index (χ1v) is 3.10. The van der Waals surface area contributed by atoms with Crippen molar-refractivity contribution in [2.45, 2.75) is 26.7 Å². The average Bonchev–Trinajstić information content (AvgIpc) is 1.77. The highest BCUT2D eigenvalue weighted by atomic mass is 16.5. The smallest absolute Gasteiger partial charge is 0.0918 e. The van der Waals surface area contributed by atoms with Crippen molar-refractivity contribution in [2.24, 2.45) is 0 Å². The van der Waals surface area contributed by atoms with Gasteiger partial charge in [0, 0.05) is 0 Å². The minimum absolute atomic E-state index is 0.920. The second-order valence-corrected chi connectivity index (χ2v) is 2.29. The summed E-state index contributed by atoms with van der Waals surface area (Å²) < 4.78 is 5.27. The third-order valence-corrected chi connectivity index (χ3v) is 1.62. The molecule has 0 aromatic rings. The third-order valence-electron chi connectivity index (χ3n) is 1.62. The van der Waals surface area contributed by atoms with Crippen LogP contribution < -0.4 is 0 Å². The van der Waals surface area contributed by atoms with Gasteiger partial charge in [-0.1, -0.05) is 0 Å². The van der Waals surface area contributed by atoms with Crippen LogP contribution in [0.15, 0.2) is 11.3 Å². The zero-order valence-corrected chi connectivity index (χ0v) is 5.53. The number of hydrogen-bond acceptors (Lipinski definition) is 1. The van der Waals surface area contributed by atoms with Gasteiger partial charge in [0.1, 0.15) is 0 Å². The molecular weight excluding hydrogens is 100 g/mol. The Kier molecular flexibility index (Phi) is 1.56. The molecule has 0 aromatic heterocycles. The molecule has 0 N–H and O–H groups in total. The van der Waals surface area contributed by atoms with Crippen molar-refractivity contribution in [2.75, 3.05) is 6.61 Å². The van der Waals surface area contributed by atoms with Gasteiger partial charge in [-0.15, -0.1) is 0 Å². The van der Waals surface area contributed by atoms with Gasteiger partial charge in [0.05, 0.1) is 12.4 Å². The number of rotatable bonds is 0. The van der Waals surface area contributed by atoms with E-state index >= 15 is 0 Å². The summed E-state index contributed by atoms with van der Waals surface area (Å²) >= 11 is 0. The summed E-state index contributed by atoms with van der Waals surface area (Å²) in [4.78, 5) is 0. The molecule has 0 saturated heterocycles. The number of hydrogen-bond donors (Lipinski definition) is 0. The van der Waals surface area contributed by atoms with Crippen LogP contribution in [0.1, 0.15) is 26.7 Å². The SMILES string of the molecule is CC1=C(C)OCCC1. The Morgan fingerprint density at radius 2 is 2.12 bits per heavy atom. The lowest BCUT2D eigenvalue weighted by atomic mass is 10.1. The first-order chi connectivity index (χ1) is 3.80. The summed E-state index contributed by atoms with van der Waals surface area (Å²) in [5, 5.41) is 0. The molecule has 8 heavy (non-hydrogen) atoms. The van der Waals surface area contributed by atoms with Gasteiger partial charge in [-0.2, -0.15) is 0 Å². The van der Waals surface area contributed by atoms with Crippen LogP contribution in [0.3, 0.4) is 0 Å². The van der Waals surface area contributed by atoms with Crippen LogP contribution >= 0.6 is 0 Å². The van der Waals surface area contributed by atoms with E-state index in [0.717, 1.165) is 12.4 Å². The Morgan fingerprint density at radius 3 is 2.50 bits per heavy atom. The zero-order chi connectivity index (χ0) is 5.98. The van der Waals surface area contributed by atoms with Crippen molar-refractivity contribution in [1.29, 1.82) is 0 Å². The van der Waals surface area contributed by atoms with Crippen molar-refractivity contribution in [3.05, 3.63) is 11.3 Å². The van der Waals surface area contributed by atoms with Crippen LogP contribution in [0.25, 0.3) is 0 Å². The van der Waals surface area contributed by atoms with E-state index in [2.05, 4.69) is 6.92 Å². The molecule has 1 heterocycles. The normalized spacial score (nSPS) is 20.8. The van der Waals surface area contributed by atoms with Crippen LogP contribution in [0, 0.1) is 0 Å². The molecule has 1 heteroatoms. The van der Waals surface area contributed by atoms with Gasteiger partial charge >= 0.3 is 0 Å². The molecule has 0 aliphatic carbocycles. The fraction of sp³-hybridized carbons (Fsp3) is 0.714. The number of ether oxygens (including phenoxy) is 1. The molecule has 0 spiro atoms. The molecule has 0 aromatic carbocycles. The highest BCUT2D eigenvalue weighted by molar-refractivity contribution is 5.04. The fourth-order valence-corrected chi connectivity index (χ4v) is 0.862. The Morgan fingerprint density at radius 1 is 1.38 bits per heavy atom. The lowest BCUT2D eigenvalue weighted by Crippen LogP contribution is -2.01. The molecule has 0 atom stereocenters. The Balaban J connectivity index is 2.60. The van der Waals surface area contributed by atoms with E-state index in [1.807, 2.05) is 6.92 Å². The van der Waals surface area contributed by atoms with Gasteiger partial charge < -0.3 is 4.74 Å². The third kappa shape index (κ3) is 1.03. The zero-order valence-electron chi connectivity index (χ0n) is 5.53. The minimum Gasteiger partial charge on any atom is -0.498 e. The van der Waals surface area contributed by atoms with Gasteiger partial charge in [0.15, 0.2) is 0 Å². The van der Waals surface area contributed by atoms with Gasteiger partial charge in [-0.25, -0.2) is 0 Å². The molecule has 0 radical (unpaired) electrons. The average molecular weight is 112 g/mol. The molecular formula is C7H12O. The highest BCUT2D eigenvalue weighted by Crippen LogP contribution is 2.16. The lowest BCUT2D eigenvalue weighted by molar-refractivity contribution is 0.189. The lowest BCUT2D eigenvalue weighted by Gasteiger charge is -2.15. The van der Waals surface area contributed by atoms with Crippen molar-refractivity contribution in [1.82, 2.24) is 0 Å². The molecule has 0 saturated carbocycles. The van der Waals surface area contributed by atoms with Gasteiger partial charge in [-0.05, 0) is 32.3 Å². The van der Waals surface area contributed by atoms with E-state index in [0.29, 0.717) is 0 Å². The van der Waals surface area contributed by atoms with E-state index in [9.17, 15) is 0 Å². The quantitative estimate of drug-likeness (QED) is 0.466. The summed E-state index contributed by atoms with van der Waals surface area (Å²) in [6.45, 7) is 5.09. The molecule has 46 valence electrons. The Hall–Kier alpha value is -0.460. The maximum atomic E-state index is 5.27. The molecule has 1 rings (SSSR count). The van der Waals surface area contributed by atoms with E-state index in [1.165, 1.54) is 18.4 Å². The van der Waals surface area contributed by atoms with E-state index < -0.39 is 0 Å². The predicted octanol–water partition coefficient (Wildman–Crippen LogP) is 2.09. The molecule has 0 bridgehead atoms. The molecule has 1 aliphatic rings. The first kappa shape index (κ1) is 5.67. The van der Waals surface area contributed by atoms with Gasteiger partial charge in [-0.3, -0.25) is 0 Å². The molecule has 0 unspecified atom stereocenters. The summed E-state index contributed by atoms with van der Waals surface area (Å²) in [5.74, 6) is 1.14. The molecule has 0 fully saturated rings. The minimum atomic E-state index is 0.920. The van der Waals surface area contributed by atoms with Crippen LogP contribution in [0.4, 0.5) is 0 Å². The second kappa shape index (κ2) is 2.21. The summed E-state index contributed by atoms with van der Waals surface area (Å²) in [5.41, 5.74) is 1.41. The Labute approximate surface area is 50.3 Å². The van der Waals surface area contributed by atoms with Crippen molar-refractivity contribution in [3.63, 3.8) is 0 Å². The van der Waals surface area contributed by atoms with E-state index in [-0.39, 0.29) is 0 Å². The van der Waals surface area contributed by atoms with Crippen LogP contribution in [0.2, 0.25) is 0 Å². The van der Waals surface area contributed by atoms with Crippen molar-refractivity contribution in [3.8, 4) is 0 Å². The standard InChI is InChI=1S/C7H12O/c1-6-4-3-5-8-7(6)2/h3-5H2,1-2H3. The highest BCUT2D eigenvalue weighted by Gasteiger charge is 2.03. The maximum absolute atomic E-state index is 5.27. The molecule has 1 aliphatic heterocycles. The predicted molar refractivity (Wildman–Crippen MR) is 33.6 cm³/mol. The van der Waals surface area contributed by atoms with E-state index in [1.54, 1.807) is 0 Å². The molecule has 0 amide bonds. The fourth-order valence-electron chi connectivity index (χ4n) is 0.862. The summed E-state index contributed by atoms with van der Waals surface area (Å²) in [7, 11) is 0.